The van der Waals surface area contributed by atoms with Crippen LogP contribution in [0.4, 0.5) is 0 Å². The van der Waals surface area contributed by atoms with Crippen molar-refractivity contribution in [3.8, 4) is 39.6 Å². The molecular weight excluding hydrogens is 442 g/mol. The van der Waals surface area contributed by atoms with E-state index >= 15 is 0 Å². The molecule has 3 heterocycles. The predicted molar refractivity (Wildman–Crippen MR) is 143 cm³/mol. The van der Waals surface area contributed by atoms with Crippen LogP contribution < -0.4 is 0 Å². The summed E-state index contributed by atoms with van der Waals surface area (Å²) >= 11 is 0. The molecular formula is C31H23N5. The zero-order chi connectivity index (χ0) is 24.3. The van der Waals surface area contributed by atoms with Crippen molar-refractivity contribution in [1.82, 2.24) is 24.5 Å². The second-order valence-electron chi connectivity index (χ2n) is 9.67. The number of aromatic nitrogens is 5. The number of para-hydroxylation sites is 1. The number of benzene rings is 4. The van der Waals surface area contributed by atoms with Crippen molar-refractivity contribution in [2.45, 2.75) is 19.3 Å². The molecule has 6 aromatic rings. The number of fused-ring (bicyclic) bond motifs is 2. The van der Waals surface area contributed by atoms with Crippen LogP contribution in [0, 0.1) is 0 Å². The van der Waals surface area contributed by atoms with Gasteiger partial charge in [0, 0.05) is 5.41 Å². The maximum Gasteiger partial charge on any atom is 0.199 e. The minimum absolute atomic E-state index is 0.209. The molecule has 0 radical (unpaired) electrons. The first-order valence-corrected chi connectivity index (χ1v) is 12.1. The summed E-state index contributed by atoms with van der Waals surface area (Å²) in [4.78, 5) is 17.8. The van der Waals surface area contributed by atoms with E-state index < -0.39 is 0 Å². The Balaban J connectivity index is 1.50. The molecule has 36 heavy (non-hydrogen) atoms. The molecule has 0 fully saturated rings. The van der Waals surface area contributed by atoms with Gasteiger partial charge in [-0.15, -0.1) is 0 Å². The van der Waals surface area contributed by atoms with Crippen LogP contribution >= 0.6 is 0 Å². The van der Waals surface area contributed by atoms with Crippen LogP contribution in [0.2, 0.25) is 0 Å². The van der Waals surface area contributed by atoms with E-state index in [1.165, 1.54) is 46.0 Å². The first-order valence-electron chi connectivity index (χ1n) is 12.1. The number of hydrogen-bond acceptors (Lipinski definition) is 4. The molecule has 4 aromatic carbocycles. The van der Waals surface area contributed by atoms with Gasteiger partial charge in [0.05, 0.1) is 16.7 Å². The van der Waals surface area contributed by atoms with E-state index in [9.17, 15) is 0 Å². The van der Waals surface area contributed by atoms with E-state index in [0.717, 1.165) is 22.5 Å². The van der Waals surface area contributed by atoms with Crippen LogP contribution in [0.1, 0.15) is 25.0 Å². The molecule has 172 valence electrons. The van der Waals surface area contributed by atoms with Gasteiger partial charge in [-0.25, -0.2) is 19.9 Å². The standard InChI is InChI=1S/C31H23N5/c1-31(2)24-13-8-14-26-28(24)36(30(35-26)29-33-18-32-19-34-29)27-16-15-21(17-25(27)31)23-12-7-6-11-22(23)20-9-4-3-5-10-20/h3-19H,1-2H3. The highest BCUT2D eigenvalue weighted by Crippen LogP contribution is 2.47. The lowest BCUT2D eigenvalue weighted by molar-refractivity contribution is 0.629. The van der Waals surface area contributed by atoms with Gasteiger partial charge in [0.1, 0.15) is 12.7 Å². The number of nitrogens with zero attached hydrogens (tertiary/aromatic N) is 5. The van der Waals surface area contributed by atoms with Crippen LogP contribution in [0.25, 0.3) is 50.6 Å². The SMILES string of the molecule is CC1(C)c2cc(-c3ccccc3-c3ccccc3)ccc2-n2c(-c3ncncn3)nc3cccc1c32. The summed E-state index contributed by atoms with van der Waals surface area (Å²) in [5.41, 5.74) is 10.3. The number of imidazole rings is 1. The Labute approximate surface area is 209 Å². The maximum atomic E-state index is 4.96. The summed E-state index contributed by atoms with van der Waals surface area (Å²) < 4.78 is 2.22. The van der Waals surface area contributed by atoms with Gasteiger partial charge in [-0.1, -0.05) is 86.6 Å². The Bertz CT molecular complexity index is 1750. The molecule has 0 N–H and O–H groups in total. The highest BCUT2D eigenvalue weighted by atomic mass is 15.1. The van der Waals surface area contributed by atoms with Crippen LogP contribution in [-0.2, 0) is 5.41 Å². The van der Waals surface area contributed by atoms with Gasteiger partial charge in [0.15, 0.2) is 11.6 Å². The fourth-order valence-corrected chi connectivity index (χ4v) is 5.52. The molecule has 0 saturated carbocycles. The van der Waals surface area contributed by atoms with E-state index in [0.29, 0.717) is 5.82 Å². The molecule has 7 rings (SSSR count). The lowest BCUT2D eigenvalue weighted by atomic mass is 9.74. The zero-order valence-corrected chi connectivity index (χ0v) is 20.1. The first kappa shape index (κ1) is 20.7. The average Bonchev–Trinajstić information content (AvgIpc) is 3.33. The third kappa shape index (κ3) is 2.96. The molecule has 0 atom stereocenters. The molecule has 0 bridgehead atoms. The zero-order valence-electron chi connectivity index (χ0n) is 20.1. The van der Waals surface area contributed by atoms with Gasteiger partial charge < -0.3 is 0 Å². The summed E-state index contributed by atoms with van der Waals surface area (Å²) in [7, 11) is 0. The summed E-state index contributed by atoms with van der Waals surface area (Å²) in [5.74, 6) is 1.30. The molecule has 0 aliphatic carbocycles. The normalized spacial score (nSPS) is 13.5. The van der Waals surface area contributed by atoms with E-state index in [1.807, 2.05) is 0 Å². The fourth-order valence-electron chi connectivity index (χ4n) is 5.52. The van der Waals surface area contributed by atoms with Crippen molar-refractivity contribution in [2.75, 3.05) is 0 Å². The van der Waals surface area contributed by atoms with Crippen LogP contribution in [0.3, 0.4) is 0 Å². The monoisotopic (exact) mass is 465 g/mol. The smallest absolute Gasteiger partial charge is 0.199 e. The summed E-state index contributed by atoms with van der Waals surface area (Å²) in [6, 6.07) is 32.3. The Morgan fingerprint density at radius 2 is 1.39 bits per heavy atom. The van der Waals surface area contributed by atoms with Crippen molar-refractivity contribution in [2.24, 2.45) is 0 Å². The van der Waals surface area contributed by atoms with Gasteiger partial charge in [0.2, 0.25) is 0 Å². The molecule has 1 aliphatic heterocycles. The molecule has 0 saturated heterocycles. The van der Waals surface area contributed by atoms with Gasteiger partial charge in [0.25, 0.3) is 0 Å². The van der Waals surface area contributed by atoms with Gasteiger partial charge >= 0.3 is 0 Å². The van der Waals surface area contributed by atoms with Crippen molar-refractivity contribution >= 4 is 11.0 Å². The summed E-state index contributed by atoms with van der Waals surface area (Å²) in [6.07, 6.45) is 3.04. The van der Waals surface area contributed by atoms with E-state index in [2.05, 4.69) is 124 Å². The van der Waals surface area contributed by atoms with Crippen molar-refractivity contribution in [3.63, 3.8) is 0 Å². The third-order valence-electron chi connectivity index (χ3n) is 7.28. The maximum absolute atomic E-state index is 4.96. The molecule has 5 nitrogen and oxygen atoms in total. The lowest BCUT2D eigenvalue weighted by Crippen LogP contribution is -2.26. The Morgan fingerprint density at radius 3 is 2.17 bits per heavy atom. The van der Waals surface area contributed by atoms with Crippen molar-refractivity contribution in [1.29, 1.82) is 0 Å². The fraction of sp³-hybridized carbons (Fsp3) is 0.0968. The third-order valence-corrected chi connectivity index (χ3v) is 7.28. The summed E-state index contributed by atoms with van der Waals surface area (Å²) in [5, 5.41) is 0. The largest absolute Gasteiger partial charge is 0.289 e. The minimum atomic E-state index is -0.209. The summed E-state index contributed by atoms with van der Waals surface area (Å²) in [6.45, 7) is 4.60. The quantitative estimate of drug-likeness (QED) is 0.287. The topological polar surface area (TPSA) is 56.5 Å². The van der Waals surface area contributed by atoms with E-state index in [1.54, 1.807) is 0 Å². The average molecular weight is 466 g/mol. The van der Waals surface area contributed by atoms with Crippen molar-refractivity contribution in [3.05, 3.63) is 115 Å². The Hall–Kier alpha value is -4.64. The number of hydrogen-bond donors (Lipinski definition) is 0. The highest BCUT2D eigenvalue weighted by molar-refractivity contribution is 5.91. The second kappa shape index (κ2) is 7.68. The van der Waals surface area contributed by atoms with E-state index in [-0.39, 0.29) is 5.41 Å². The van der Waals surface area contributed by atoms with Crippen molar-refractivity contribution < 1.29 is 0 Å². The Kier molecular flexibility index (Phi) is 4.42. The molecule has 2 aromatic heterocycles. The minimum Gasteiger partial charge on any atom is -0.289 e. The predicted octanol–water partition coefficient (Wildman–Crippen LogP) is 6.85. The van der Waals surface area contributed by atoms with Crippen LogP contribution in [-0.4, -0.2) is 24.5 Å². The van der Waals surface area contributed by atoms with Crippen LogP contribution in [0.15, 0.2) is 104 Å². The van der Waals surface area contributed by atoms with Gasteiger partial charge in [-0.05, 0) is 51.6 Å². The van der Waals surface area contributed by atoms with Crippen LogP contribution in [0.5, 0.6) is 0 Å². The molecule has 0 spiro atoms. The second-order valence-corrected chi connectivity index (χ2v) is 9.67. The first-order chi connectivity index (χ1) is 17.6. The molecule has 1 aliphatic rings. The van der Waals surface area contributed by atoms with Gasteiger partial charge in [-0.3, -0.25) is 4.57 Å². The molecule has 5 heteroatoms. The Morgan fingerprint density at radius 1 is 0.667 bits per heavy atom. The molecule has 0 unspecified atom stereocenters. The number of rotatable bonds is 3. The lowest BCUT2D eigenvalue weighted by Gasteiger charge is -2.35. The molecule has 0 amide bonds. The van der Waals surface area contributed by atoms with Gasteiger partial charge in [-0.2, -0.15) is 0 Å². The van der Waals surface area contributed by atoms with E-state index in [4.69, 9.17) is 4.98 Å². The highest BCUT2D eigenvalue weighted by Gasteiger charge is 2.36.